The molecule has 2 aromatic rings. The minimum atomic E-state index is -0.103. The van der Waals surface area contributed by atoms with Crippen LogP contribution in [0.2, 0.25) is 0 Å². The van der Waals surface area contributed by atoms with Crippen LogP contribution in [-0.2, 0) is 13.0 Å². The first kappa shape index (κ1) is 15.2. The van der Waals surface area contributed by atoms with E-state index in [2.05, 4.69) is 47.0 Å². The molecular weight excluding hydrogens is 260 g/mol. The molecule has 0 atom stereocenters. The largest absolute Gasteiger partial charge is 0.384 e. The summed E-state index contributed by atoms with van der Waals surface area (Å²) in [6, 6.07) is 14.1. The normalized spacial score (nSPS) is 10.2. The molecule has 3 nitrogen and oxygen atoms in total. The molecule has 0 aliphatic rings. The van der Waals surface area contributed by atoms with Gasteiger partial charge in [-0.1, -0.05) is 30.0 Å². The smallest absolute Gasteiger partial charge is 0.104 e. The van der Waals surface area contributed by atoms with Gasteiger partial charge in [-0.3, -0.25) is 4.98 Å². The van der Waals surface area contributed by atoms with Crippen molar-refractivity contribution in [2.24, 2.45) is 0 Å². The van der Waals surface area contributed by atoms with Crippen LogP contribution in [0.15, 0.2) is 48.7 Å². The van der Waals surface area contributed by atoms with Crippen molar-refractivity contribution in [2.45, 2.75) is 13.0 Å². The van der Waals surface area contributed by atoms with Gasteiger partial charge in [0.1, 0.15) is 6.61 Å². The molecule has 21 heavy (non-hydrogen) atoms. The minimum absolute atomic E-state index is 0.103. The molecule has 3 heteroatoms. The number of hydrogen-bond acceptors (Lipinski definition) is 3. The van der Waals surface area contributed by atoms with Crippen molar-refractivity contribution < 1.29 is 5.11 Å². The van der Waals surface area contributed by atoms with Crippen molar-refractivity contribution in [1.82, 2.24) is 9.88 Å². The number of aliphatic hydroxyl groups is 1. The van der Waals surface area contributed by atoms with Gasteiger partial charge in [0.15, 0.2) is 0 Å². The van der Waals surface area contributed by atoms with Crippen molar-refractivity contribution >= 4 is 0 Å². The third-order valence-corrected chi connectivity index (χ3v) is 3.17. The molecule has 0 unspecified atom stereocenters. The third kappa shape index (κ3) is 5.39. The average Bonchev–Trinajstić information content (AvgIpc) is 2.52. The quantitative estimate of drug-likeness (QED) is 0.852. The number of aromatic nitrogens is 1. The molecule has 0 saturated carbocycles. The van der Waals surface area contributed by atoms with E-state index in [9.17, 15) is 0 Å². The molecule has 0 radical (unpaired) electrons. The number of benzene rings is 1. The number of aliphatic hydroxyl groups excluding tert-OH is 1. The van der Waals surface area contributed by atoms with Gasteiger partial charge >= 0.3 is 0 Å². The molecule has 108 valence electrons. The minimum Gasteiger partial charge on any atom is -0.384 e. The second-order valence-electron chi connectivity index (χ2n) is 4.97. The molecule has 1 aromatic carbocycles. The zero-order valence-corrected chi connectivity index (χ0v) is 12.3. The van der Waals surface area contributed by atoms with Crippen LogP contribution in [0.3, 0.4) is 0 Å². The SMILES string of the molecule is CN(CCc1ccccn1)Cc1cccc(C#CCO)c1. The first-order valence-corrected chi connectivity index (χ1v) is 7.05. The van der Waals surface area contributed by atoms with Crippen molar-refractivity contribution in [3.8, 4) is 11.8 Å². The molecule has 0 amide bonds. The van der Waals surface area contributed by atoms with Gasteiger partial charge in [-0.05, 0) is 36.9 Å². The summed E-state index contributed by atoms with van der Waals surface area (Å²) >= 11 is 0. The van der Waals surface area contributed by atoms with E-state index in [4.69, 9.17) is 5.11 Å². The Morgan fingerprint density at radius 3 is 2.86 bits per heavy atom. The van der Waals surface area contributed by atoms with E-state index in [1.165, 1.54) is 5.56 Å². The van der Waals surface area contributed by atoms with Crippen LogP contribution >= 0.6 is 0 Å². The maximum Gasteiger partial charge on any atom is 0.104 e. The lowest BCUT2D eigenvalue weighted by Gasteiger charge is -2.16. The summed E-state index contributed by atoms with van der Waals surface area (Å²) in [5, 5.41) is 8.73. The van der Waals surface area contributed by atoms with E-state index in [1.807, 2.05) is 30.5 Å². The first-order valence-electron chi connectivity index (χ1n) is 7.05. The van der Waals surface area contributed by atoms with Crippen molar-refractivity contribution in [2.75, 3.05) is 20.2 Å². The van der Waals surface area contributed by atoms with Crippen LogP contribution in [0.5, 0.6) is 0 Å². The van der Waals surface area contributed by atoms with Gasteiger partial charge in [-0.2, -0.15) is 0 Å². The number of likely N-dealkylation sites (N-methyl/N-ethyl adjacent to an activating group) is 1. The van der Waals surface area contributed by atoms with Gasteiger partial charge in [0.2, 0.25) is 0 Å². The second-order valence-corrected chi connectivity index (χ2v) is 4.97. The Kier molecular flexibility index (Phi) is 5.96. The van der Waals surface area contributed by atoms with Crippen LogP contribution in [0.4, 0.5) is 0 Å². The number of rotatable bonds is 5. The Labute approximate surface area is 126 Å². The van der Waals surface area contributed by atoms with Crippen LogP contribution in [0.25, 0.3) is 0 Å². The molecule has 2 rings (SSSR count). The number of nitrogens with zero attached hydrogens (tertiary/aromatic N) is 2. The second kappa shape index (κ2) is 8.21. The van der Waals surface area contributed by atoms with E-state index in [0.29, 0.717) is 0 Å². The predicted octanol–water partition coefficient (Wildman–Crippen LogP) is 2.10. The van der Waals surface area contributed by atoms with Crippen molar-refractivity contribution in [3.63, 3.8) is 0 Å². The van der Waals surface area contributed by atoms with E-state index in [1.54, 1.807) is 0 Å². The number of hydrogen-bond donors (Lipinski definition) is 1. The Hall–Kier alpha value is -2.15. The summed E-state index contributed by atoms with van der Waals surface area (Å²) in [6.07, 6.45) is 2.78. The zero-order chi connectivity index (χ0) is 14.9. The summed E-state index contributed by atoms with van der Waals surface area (Å²) in [4.78, 5) is 6.61. The van der Waals surface area contributed by atoms with E-state index in [-0.39, 0.29) is 6.61 Å². The fourth-order valence-corrected chi connectivity index (χ4v) is 2.13. The molecule has 1 aromatic heterocycles. The molecular formula is C18H20N2O. The average molecular weight is 280 g/mol. The molecule has 1 heterocycles. The lowest BCUT2D eigenvalue weighted by atomic mass is 10.1. The lowest BCUT2D eigenvalue weighted by Crippen LogP contribution is -2.21. The fourth-order valence-electron chi connectivity index (χ4n) is 2.13. The highest BCUT2D eigenvalue weighted by Crippen LogP contribution is 2.07. The standard InChI is InChI=1S/C18H20N2O/c1-20(12-10-18-9-2-3-11-19-18)15-17-7-4-6-16(14-17)8-5-13-21/h2-4,6-7,9,11,14,21H,10,12-13,15H2,1H3. The molecule has 0 spiro atoms. The Morgan fingerprint density at radius 1 is 1.19 bits per heavy atom. The van der Waals surface area contributed by atoms with E-state index in [0.717, 1.165) is 30.8 Å². The van der Waals surface area contributed by atoms with Gasteiger partial charge in [0.25, 0.3) is 0 Å². The highest BCUT2D eigenvalue weighted by molar-refractivity contribution is 5.37. The van der Waals surface area contributed by atoms with Crippen LogP contribution in [0.1, 0.15) is 16.8 Å². The summed E-state index contributed by atoms with van der Waals surface area (Å²) in [5.41, 5.74) is 3.29. The van der Waals surface area contributed by atoms with Gasteiger partial charge in [0.05, 0.1) is 0 Å². The first-order chi connectivity index (χ1) is 10.3. The lowest BCUT2D eigenvalue weighted by molar-refractivity contribution is 0.330. The zero-order valence-electron chi connectivity index (χ0n) is 12.3. The molecule has 1 N–H and O–H groups in total. The number of pyridine rings is 1. The van der Waals surface area contributed by atoms with Gasteiger partial charge in [-0.15, -0.1) is 0 Å². The van der Waals surface area contributed by atoms with Crippen LogP contribution < -0.4 is 0 Å². The monoisotopic (exact) mass is 280 g/mol. The van der Waals surface area contributed by atoms with Crippen molar-refractivity contribution in [3.05, 3.63) is 65.5 Å². The fraction of sp³-hybridized carbons (Fsp3) is 0.278. The maximum atomic E-state index is 8.73. The van der Waals surface area contributed by atoms with Gasteiger partial charge in [0, 0.05) is 37.0 Å². The van der Waals surface area contributed by atoms with E-state index >= 15 is 0 Å². The molecule has 0 bridgehead atoms. The van der Waals surface area contributed by atoms with Crippen LogP contribution in [-0.4, -0.2) is 35.2 Å². The summed E-state index contributed by atoms with van der Waals surface area (Å²) in [6.45, 7) is 1.74. The summed E-state index contributed by atoms with van der Waals surface area (Å²) in [7, 11) is 2.11. The molecule has 0 aliphatic heterocycles. The Bertz CT molecular complexity index is 614. The maximum absolute atomic E-state index is 8.73. The van der Waals surface area contributed by atoms with Gasteiger partial charge < -0.3 is 10.0 Å². The van der Waals surface area contributed by atoms with E-state index < -0.39 is 0 Å². The topological polar surface area (TPSA) is 36.4 Å². The summed E-state index contributed by atoms with van der Waals surface area (Å²) < 4.78 is 0. The van der Waals surface area contributed by atoms with Gasteiger partial charge in [-0.25, -0.2) is 0 Å². The molecule has 0 aliphatic carbocycles. The molecule has 0 saturated heterocycles. The Morgan fingerprint density at radius 2 is 2.10 bits per heavy atom. The molecule has 0 fully saturated rings. The Balaban J connectivity index is 1.89. The highest BCUT2D eigenvalue weighted by atomic mass is 16.2. The highest BCUT2D eigenvalue weighted by Gasteiger charge is 2.02. The van der Waals surface area contributed by atoms with Crippen molar-refractivity contribution in [1.29, 1.82) is 0 Å². The third-order valence-electron chi connectivity index (χ3n) is 3.17. The van der Waals surface area contributed by atoms with Crippen LogP contribution in [0, 0.1) is 11.8 Å². The summed E-state index contributed by atoms with van der Waals surface area (Å²) in [5.74, 6) is 5.61. The predicted molar refractivity (Wildman–Crippen MR) is 84.7 cm³/mol.